The van der Waals surface area contributed by atoms with E-state index in [1.807, 2.05) is 0 Å². The maximum absolute atomic E-state index is 11.8. The molecule has 2 aliphatic heterocycles. The predicted molar refractivity (Wildman–Crippen MR) is 60.0 cm³/mol. The van der Waals surface area contributed by atoms with E-state index in [2.05, 4.69) is 9.47 Å². The summed E-state index contributed by atoms with van der Waals surface area (Å²) >= 11 is 20.2. The highest BCUT2D eigenvalue weighted by Gasteiger charge is 2.81. The Morgan fingerprint density at radius 3 is 0.800 bits per heavy atom. The molecule has 2 aliphatic rings. The second kappa shape index (κ2) is 4.58. The van der Waals surface area contributed by atoms with E-state index in [0.717, 1.165) is 13.8 Å². The lowest BCUT2D eigenvalue weighted by Gasteiger charge is -2.08. The van der Waals surface area contributed by atoms with Crippen molar-refractivity contribution in [2.75, 3.05) is 0 Å². The van der Waals surface area contributed by atoms with Gasteiger partial charge in [-0.2, -0.15) is 26.3 Å². The summed E-state index contributed by atoms with van der Waals surface area (Å²) in [5.41, 5.74) is 0. The lowest BCUT2D eigenvalue weighted by Crippen LogP contribution is -2.31. The Morgan fingerprint density at radius 1 is 0.650 bits per heavy atom. The van der Waals surface area contributed by atoms with Crippen molar-refractivity contribution in [1.29, 1.82) is 0 Å². The molecule has 0 N–H and O–H groups in total. The Balaban J connectivity index is 0.000000200. The molecule has 12 heteroatoms. The molecule has 0 radical (unpaired) electrons. The zero-order valence-electron chi connectivity index (χ0n) is 9.60. The summed E-state index contributed by atoms with van der Waals surface area (Å²) in [6.45, 7) is 2.13. The summed E-state index contributed by atoms with van der Waals surface area (Å²) in [5.74, 6) is 0. The van der Waals surface area contributed by atoms with Crippen LogP contribution in [0.25, 0.3) is 0 Å². The molecule has 4 unspecified atom stereocenters. The van der Waals surface area contributed by atoms with Gasteiger partial charge in [-0.25, -0.2) is 0 Å². The summed E-state index contributed by atoms with van der Waals surface area (Å²) in [6, 6.07) is 0. The lowest BCUT2D eigenvalue weighted by atomic mass is 10.3. The van der Waals surface area contributed by atoms with Crippen molar-refractivity contribution in [2.24, 2.45) is 0 Å². The van der Waals surface area contributed by atoms with Crippen molar-refractivity contribution in [3.8, 4) is 0 Å². The molecule has 2 heterocycles. The van der Waals surface area contributed by atoms with Crippen LogP contribution in [0.3, 0.4) is 0 Å². The molecular formula is C8H6Cl4F6O2. The molecule has 20 heavy (non-hydrogen) atoms. The zero-order valence-corrected chi connectivity index (χ0v) is 12.6. The topological polar surface area (TPSA) is 25.1 Å². The lowest BCUT2D eigenvalue weighted by molar-refractivity contribution is -0.160. The van der Waals surface area contributed by atoms with Crippen LogP contribution >= 0.6 is 46.4 Å². The van der Waals surface area contributed by atoms with Crippen LogP contribution in [0.1, 0.15) is 13.8 Å². The molecule has 0 aromatic heterocycles. The average Bonchev–Trinajstić information content (AvgIpc) is 2.83. The first-order valence-corrected chi connectivity index (χ1v) is 6.22. The molecule has 2 nitrogen and oxygen atoms in total. The fraction of sp³-hybridized carbons (Fsp3) is 1.00. The molecule has 2 rings (SSSR count). The van der Waals surface area contributed by atoms with Crippen molar-refractivity contribution in [3.05, 3.63) is 0 Å². The monoisotopic (exact) mass is 388 g/mol. The van der Waals surface area contributed by atoms with Crippen molar-refractivity contribution in [1.82, 2.24) is 0 Å². The van der Waals surface area contributed by atoms with E-state index in [1.165, 1.54) is 0 Å². The minimum Gasteiger partial charge on any atom is -0.321 e. The van der Waals surface area contributed by atoms with E-state index in [4.69, 9.17) is 46.4 Å². The third kappa shape index (κ3) is 2.92. The second-order valence-electron chi connectivity index (χ2n) is 4.22. The molecule has 0 aliphatic carbocycles. The molecule has 0 aromatic carbocycles. The highest BCUT2D eigenvalue weighted by Crippen LogP contribution is 2.63. The van der Waals surface area contributed by atoms with Gasteiger partial charge < -0.3 is 9.47 Å². The Bertz CT molecular complexity index is 371. The SMILES string of the molecule is CC1(Cl)OC1(Cl)C(F)(F)F.CC1(Cl)OC1(Cl)C(F)(F)F. The van der Waals surface area contributed by atoms with E-state index in [9.17, 15) is 26.3 Å². The molecule has 2 saturated heterocycles. The van der Waals surface area contributed by atoms with Crippen LogP contribution in [0, 0.1) is 0 Å². The van der Waals surface area contributed by atoms with Gasteiger partial charge >= 0.3 is 12.4 Å². The minimum atomic E-state index is -4.61. The summed E-state index contributed by atoms with van der Waals surface area (Å²) in [4.78, 5) is 0. The van der Waals surface area contributed by atoms with Gasteiger partial charge in [-0.05, 0) is 13.8 Å². The largest absolute Gasteiger partial charge is 0.436 e. The number of rotatable bonds is 0. The van der Waals surface area contributed by atoms with E-state index < -0.39 is 32.6 Å². The van der Waals surface area contributed by atoms with Crippen LogP contribution in [0.5, 0.6) is 0 Å². The second-order valence-corrected chi connectivity index (χ2v) is 6.73. The molecule has 4 atom stereocenters. The number of halogens is 10. The summed E-state index contributed by atoms with van der Waals surface area (Å²) in [6.07, 6.45) is -9.21. The van der Waals surface area contributed by atoms with Crippen molar-refractivity contribution >= 4 is 46.4 Å². The molecule has 0 saturated carbocycles. The maximum atomic E-state index is 11.8. The van der Waals surface area contributed by atoms with Crippen LogP contribution in [-0.2, 0) is 9.47 Å². The first-order chi connectivity index (χ1) is 8.41. The summed E-state index contributed by atoms with van der Waals surface area (Å²) in [5, 5.41) is -8.96. The number of alkyl halides is 10. The fourth-order valence-electron chi connectivity index (χ4n) is 1.10. The number of epoxide rings is 2. The zero-order chi connectivity index (χ0) is 16.4. The molecule has 120 valence electrons. The number of hydrogen-bond acceptors (Lipinski definition) is 2. The van der Waals surface area contributed by atoms with E-state index in [-0.39, 0.29) is 0 Å². The molecule has 2 fully saturated rings. The van der Waals surface area contributed by atoms with Gasteiger partial charge in [0.05, 0.1) is 0 Å². The first kappa shape index (κ1) is 18.7. The summed E-state index contributed by atoms with van der Waals surface area (Å²) < 4.78 is 78.8. The van der Waals surface area contributed by atoms with Gasteiger partial charge in [0.25, 0.3) is 10.1 Å². The highest BCUT2D eigenvalue weighted by molar-refractivity contribution is 6.37. The van der Waals surface area contributed by atoms with Crippen LogP contribution in [0.2, 0.25) is 0 Å². The molecule has 0 spiro atoms. The Morgan fingerprint density at radius 2 is 0.800 bits per heavy atom. The molecule has 0 bridgehead atoms. The predicted octanol–water partition coefficient (Wildman–Crippen LogP) is 4.94. The van der Waals surface area contributed by atoms with Gasteiger partial charge in [0.2, 0.25) is 0 Å². The normalized spacial score (nSPS) is 47.4. The van der Waals surface area contributed by atoms with Gasteiger partial charge in [-0.1, -0.05) is 46.4 Å². The average molecular weight is 390 g/mol. The quantitative estimate of drug-likeness (QED) is 0.333. The standard InChI is InChI=1S/2C4H3Cl2F3O/c2*1-2(5)3(6,10-2)4(7,8)9/h2*1H3. The smallest absolute Gasteiger partial charge is 0.321 e. The minimum absolute atomic E-state index is 1.06. The maximum Gasteiger partial charge on any atom is 0.436 e. The van der Waals surface area contributed by atoms with E-state index in [1.54, 1.807) is 0 Å². The van der Waals surface area contributed by atoms with Gasteiger partial charge in [-0.3, -0.25) is 0 Å². The Kier molecular flexibility index (Phi) is 4.28. The Labute approximate surface area is 129 Å². The van der Waals surface area contributed by atoms with E-state index in [0.29, 0.717) is 0 Å². The molecule has 0 amide bonds. The van der Waals surface area contributed by atoms with Crippen molar-refractivity contribution in [2.45, 2.75) is 46.4 Å². The fourth-order valence-corrected chi connectivity index (χ4v) is 1.93. The van der Waals surface area contributed by atoms with Gasteiger partial charge in [0, 0.05) is 0 Å². The van der Waals surface area contributed by atoms with Crippen LogP contribution < -0.4 is 0 Å². The Hall–Kier alpha value is 0.660. The third-order valence-electron chi connectivity index (χ3n) is 2.46. The molecule has 0 aromatic rings. The van der Waals surface area contributed by atoms with Crippen LogP contribution in [0.15, 0.2) is 0 Å². The highest BCUT2D eigenvalue weighted by atomic mass is 35.5. The third-order valence-corrected chi connectivity index (χ3v) is 4.64. The van der Waals surface area contributed by atoms with Crippen LogP contribution in [-0.4, -0.2) is 32.6 Å². The van der Waals surface area contributed by atoms with Crippen molar-refractivity contribution in [3.63, 3.8) is 0 Å². The van der Waals surface area contributed by atoms with Gasteiger partial charge in [-0.15, -0.1) is 0 Å². The first-order valence-electron chi connectivity index (χ1n) is 4.71. The van der Waals surface area contributed by atoms with E-state index >= 15 is 0 Å². The van der Waals surface area contributed by atoms with Gasteiger partial charge in [0.15, 0.2) is 10.1 Å². The number of ether oxygens (including phenoxy) is 2. The van der Waals surface area contributed by atoms with Crippen molar-refractivity contribution < 1.29 is 35.8 Å². The van der Waals surface area contributed by atoms with Crippen LogP contribution in [0.4, 0.5) is 26.3 Å². The summed E-state index contributed by atoms with van der Waals surface area (Å²) in [7, 11) is 0. The van der Waals surface area contributed by atoms with Gasteiger partial charge in [0.1, 0.15) is 0 Å². The number of hydrogen-bond donors (Lipinski definition) is 0. The molecular weight excluding hydrogens is 384 g/mol.